The summed E-state index contributed by atoms with van der Waals surface area (Å²) in [6.07, 6.45) is 3.35. The molecule has 0 aliphatic carbocycles. The van der Waals surface area contributed by atoms with E-state index in [1.807, 2.05) is 0 Å². The lowest BCUT2D eigenvalue weighted by Crippen LogP contribution is -2.52. The molecule has 0 aromatic rings. The standard InChI is InChI=1S/C12H26N2O/c1-4-14-8-5-6-12(10-15,7-9-14)13-11(2)3/h11,13,15H,4-10H2,1-3H3. The van der Waals surface area contributed by atoms with Crippen molar-refractivity contribution in [3.8, 4) is 0 Å². The largest absolute Gasteiger partial charge is 0.394 e. The summed E-state index contributed by atoms with van der Waals surface area (Å²) in [6, 6.07) is 0.449. The minimum absolute atomic E-state index is 0.0297. The predicted octanol–water partition coefficient (Wildman–Crippen LogP) is 1.22. The molecular weight excluding hydrogens is 188 g/mol. The summed E-state index contributed by atoms with van der Waals surface area (Å²) in [5.74, 6) is 0. The fourth-order valence-electron chi connectivity index (χ4n) is 2.53. The van der Waals surface area contributed by atoms with Gasteiger partial charge < -0.3 is 15.3 Å². The van der Waals surface area contributed by atoms with Gasteiger partial charge in [-0.05, 0) is 38.9 Å². The van der Waals surface area contributed by atoms with Crippen LogP contribution in [0.5, 0.6) is 0 Å². The van der Waals surface area contributed by atoms with Crippen molar-refractivity contribution < 1.29 is 5.11 Å². The fraction of sp³-hybridized carbons (Fsp3) is 1.00. The number of rotatable bonds is 4. The summed E-state index contributed by atoms with van der Waals surface area (Å²) in [6.45, 7) is 10.2. The number of aliphatic hydroxyl groups excluding tert-OH is 1. The Bertz CT molecular complexity index is 184. The molecule has 1 saturated heterocycles. The predicted molar refractivity (Wildman–Crippen MR) is 64.1 cm³/mol. The van der Waals surface area contributed by atoms with E-state index >= 15 is 0 Å². The Morgan fingerprint density at radius 3 is 2.60 bits per heavy atom. The number of nitrogens with zero attached hydrogens (tertiary/aromatic N) is 1. The van der Waals surface area contributed by atoms with E-state index in [4.69, 9.17) is 0 Å². The summed E-state index contributed by atoms with van der Waals surface area (Å²) in [5.41, 5.74) is -0.0297. The van der Waals surface area contributed by atoms with E-state index < -0.39 is 0 Å². The number of likely N-dealkylation sites (tertiary alicyclic amines) is 1. The van der Waals surface area contributed by atoms with E-state index in [1.165, 1.54) is 13.0 Å². The SMILES string of the molecule is CCN1CCCC(CO)(NC(C)C)CC1. The summed E-state index contributed by atoms with van der Waals surface area (Å²) in [5, 5.41) is 13.1. The molecule has 3 nitrogen and oxygen atoms in total. The molecule has 1 aliphatic rings. The highest BCUT2D eigenvalue weighted by Gasteiger charge is 2.31. The van der Waals surface area contributed by atoms with Crippen molar-refractivity contribution in [1.29, 1.82) is 0 Å². The third-order valence-electron chi connectivity index (χ3n) is 3.38. The molecule has 0 spiro atoms. The van der Waals surface area contributed by atoms with E-state index in [0.717, 1.165) is 25.9 Å². The highest BCUT2D eigenvalue weighted by Crippen LogP contribution is 2.22. The molecule has 1 atom stereocenters. The maximum Gasteiger partial charge on any atom is 0.0613 e. The van der Waals surface area contributed by atoms with Crippen LogP contribution in [0.25, 0.3) is 0 Å². The van der Waals surface area contributed by atoms with Crippen LogP contribution in [0.2, 0.25) is 0 Å². The van der Waals surface area contributed by atoms with Crippen LogP contribution in [0.1, 0.15) is 40.0 Å². The van der Waals surface area contributed by atoms with Gasteiger partial charge in [0.2, 0.25) is 0 Å². The van der Waals surface area contributed by atoms with Crippen LogP contribution in [0.3, 0.4) is 0 Å². The molecule has 15 heavy (non-hydrogen) atoms. The number of hydrogen-bond donors (Lipinski definition) is 2. The summed E-state index contributed by atoms with van der Waals surface area (Å²) < 4.78 is 0. The molecule has 0 radical (unpaired) electrons. The van der Waals surface area contributed by atoms with Crippen LogP contribution in [0, 0.1) is 0 Å². The quantitative estimate of drug-likeness (QED) is 0.738. The van der Waals surface area contributed by atoms with Crippen LogP contribution in [0.15, 0.2) is 0 Å². The maximum absolute atomic E-state index is 9.59. The van der Waals surface area contributed by atoms with Crippen molar-refractivity contribution in [3.05, 3.63) is 0 Å². The summed E-state index contributed by atoms with van der Waals surface area (Å²) >= 11 is 0. The zero-order valence-electron chi connectivity index (χ0n) is 10.4. The molecule has 0 saturated carbocycles. The first-order valence-electron chi connectivity index (χ1n) is 6.23. The Kier molecular flexibility index (Phi) is 5.03. The molecule has 0 amide bonds. The Morgan fingerprint density at radius 1 is 1.33 bits per heavy atom. The van der Waals surface area contributed by atoms with Crippen LogP contribution < -0.4 is 5.32 Å². The first-order valence-corrected chi connectivity index (χ1v) is 6.23. The Morgan fingerprint density at radius 2 is 2.07 bits per heavy atom. The molecule has 0 bridgehead atoms. The van der Waals surface area contributed by atoms with Gasteiger partial charge in [0, 0.05) is 11.6 Å². The third-order valence-corrected chi connectivity index (χ3v) is 3.38. The van der Waals surface area contributed by atoms with Crippen LogP contribution >= 0.6 is 0 Å². The number of nitrogens with one attached hydrogen (secondary N) is 1. The van der Waals surface area contributed by atoms with E-state index in [9.17, 15) is 5.11 Å². The second-order valence-corrected chi connectivity index (χ2v) is 5.03. The molecule has 1 aliphatic heterocycles. The average molecular weight is 214 g/mol. The first kappa shape index (κ1) is 12.9. The van der Waals surface area contributed by atoms with Crippen LogP contribution in [0.4, 0.5) is 0 Å². The fourth-order valence-corrected chi connectivity index (χ4v) is 2.53. The van der Waals surface area contributed by atoms with E-state index in [2.05, 4.69) is 31.0 Å². The molecule has 1 rings (SSSR count). The lowest BCUT2D eigenvalue weighted by Gasteiger charge is -2.34. The van der Waals surface area contributed by atoms with Gasteiger partial charge in [0.05, 0.1) is 6.61 Å². The topological polar surface area (TPSA) is 35.5 Å². The van der Waals surface area contributed by atoms with Gasteiger partial charge in [-0.2, -0.15) is 0 Å². The number of hydrogen-bond acceptors (Lipinski definition) is 3. The van der Waals surface area contributed by atoms with Gasteiger partial charge in [-0.1, -0.05) is 20.8 Å². The van der Waals surface area contributed by atoms with Crippen molar-refractivity contribution in [2.45, 2.75) is 51.6 Å². The zero-order chi connectivity index (χ0) is 11.3. The Hall–Kier alpha value is -0.120. The lowest BCUT2D eigenvalue weighted by atomic mass is 9.90. The highest BCUT2D eigenvalue weighted by molar-refractivity contribution is 4.91. The minimum atomic E-state index is -0.0297. The highest BCUT2D eigenvalue weighted by atomic mass is 16.3. The molecule has 3 heteroatoms. The van der Waals surface area contributed by atoms with Crippen LogP contribution in [-0.4, -0.2) is 47.8 Å². The Labute approximate surface area is 93.9 Å². The molecule has 0 aromatic heterocycles. The Balaban J connectivity index is 2.57. The van der Waals surface area contributed by atoms with Gasteiger partial charge in [0.25, 0.3) is 0 Å². The normalized spacial score (nSPS) is 29.4. The smallest absolute Gasteiger partial charge is 0.0613 e. The average Bonchev–Trinajstić information content (AvgIpc) is 2.40. The van der Waals surface area contributed by atoms with Crippen molar-refractivity contribution in [3.63, 3.8) is 0 Å². The lowest BCUT2D eigenvalue weighted by molar-refractivity contribution is 0.134. The zero-order valence-corrected chi connectivity index (χ0v) is 10.4. The molecule has 1 unspecified atom stereocenters. The van der Waals surface area contributed by atoms with E-state index in [1.54, 1.807) is 0 Å². The number of aliphatic hydroxyl groups is 1. The second-order valence-electron chi connectivity index (χ2n) is 5.03. The van der Waals surface area contributed by atoms with Crippen molar-refractivity contribution in [2.24, 2.45) is 0 Å². The molecule has 1 heterocycles. The maximum atomic E-state index is 9.59. The van der Waals surface area contributed by atoms with Gasteiger partial charge in [-0.3, -0.25) is 0 Å². The molecule has 90 valence electrons. The van der Waals surface area contributed by atoms with Gasteiger partial charge >= 0.3 is 0 Å². The first-order chi connectivity index (χ1) is 7.12. The summed E-state index contributed by atoms with van der Waals surface area (Å²) in [4.78, 5) is 2.47. The van der Waals surface area contributed by atoms with E-state index in [-0.39, 0.29) is 12.1 Å². The second kappa shape index (κ2) is 5.83. The van der Waals surface area contributed by atoms with Gasteiger partial charge in [0.15, 0.2) is 0 Å². The van der Waals surface area contributed by atoms with Gasteiger partial charge in [0.1, 0.15) is 0 Å². The minimum Gasteiger partial charge on any atom is -0.394 e. The van der Waals surface area contributed by atoms with Crippen LogP contribution in [-0.2, 0) is 0 Å². The van der Waals surface area contributed by atoms with E-state index in [0.29, 0.717) is 6.04 Å². The molecular formula is C12H26N2O. The third kappa shape index (κ3) is 3.74. The molecule has 1 fully saturated rings. The van der Waals surface area contributed by atoms with Gasteiger partial charge in [-0.15, -0.1) is 0 Å². The van der Waals surface area contributed by atoms with Crippen molar-refractivity contribution in [2.75, 3.05) is 26.2 Å². The van der Waals surface area contributed by atoms with Gasteiger partial charge in [-0.25, -0.2) is 0 Å². The summed E-state index contributed by atoms with van der Waals surface area (Å²) in [7, 11) is 0. The van der Waals surface area contributed by atoms with Crippen molar-refractivity contribution in [1.82, 2.24) is 10.2 Å². The molecule has 0 aromatic carbocycles. The molecule has 2 N–H and O–H groups in total. The van der Waals surface area contributed by atoms with Crippen molar-refractivity contribution >= 4 is 0 Å². The monoisotopic (exact) mass is 214 g/mol.